The van der Waals surface area contributed by atoms with Crippen LogP contribution in [-0.2, 0) is 6.42 Å². The van der Waals surface area contributed by atoms with Crippen molar-refractivity contribution in [3.8, 4) is 5.75 Å². The molecule has 1 unspecified atom stereocenters. The van der Waals surface area contributed by atoms with Gasteiger partial charge in [0.15, 0.2) is 5.82 Å². The molecule has 2 aromatic rings. The fourth-order valence-electron chi connectivity index (χ4n) is 2.98. The molecule has 140 valence electrons. The predicted octanol–water partition coefficient (Wildman–Crippen LogP) is 2.91. The van der Waals surface area contributed by atoms with E-state index in [0.29, 0.717) is 37.8 Å². The van der Waals surface area contributed by atoms with Gasteiger partial charge in [-0.05, 0) is 44.9 Å². The number of aromatic nitrogens is 2. The van der Waals surface area contributed by atoms with Gasteiger partial charge in [0.05, 0.1) is 12.5 Å². The van der Waals surface area contributed by atoms with Crippen LogP contribution in [0.4, 0.5) is 4.79 Å². The van der Waals surface area contributed by atoms with E-state index < -0.39 is 0 Å². The van der Waals surface area contributed by atoms with E-state index in [1.807, 2.05) is 45.0 Å². The molecule has 0 bridgehead atoms. The summed E-state index contributed by atoms with van der Waals surface area (Å²) in [5, 5.41) is 6.96. The maximum Gasteiger partial charge on any atom is 0.317 e. The minimum absolute atomic E-state index is 0.0335. The Hall–Kier alpha value is -2.57. The number of aryl methyl sites for hydroxylation is 1. The van der Waals surface area contributed by atoms with Crippen molar-refractivity contribution >= 4 is 6.03 Å². The van der Waals surface area contributed by atoms with Crippen molar-refractivity contribution in [2.45, 2.75) is 45.6 Å². The van der Waals surface area contributed by atoms with Gasteiger partial charge in [0.2, 0.25) is 5.89 Å². The molecule has 1 aromatic carbocycles. The maximum atomic E-state index is 12.1. The average molecular weight is 358 g/mol. The zero-order chi connectivity index (χ0) is 18.5. The number of nitrogens with zero attached hydrogens (tertiary/aromatic N) is 3. The molecule has 0 spiro atoms. The highest BCUT2D eigenvalue weighted by Crippen LogP contribution is 2.26. The molecule has 1 atom stereocenters. The van der Waals surface area contributed by atoms with Crippen LogP contribution < -0.4 is 10.1 Å². The second kappa shape index (κ2) is 8.21. The number of nitrogens with one attached hydrogen (secondary N) is 1. The summed E-state index contributed by atoms with van der Waals surface area (Å²) in [6, 6.07) is 8.03. The third-order valence-electron chi connectivity index (χ3n) is 4.30. The molecule has 1 saturated heterocycles. The Kier molecular flexibility index (Phi) is 5.75. The zero-order valence-electron chi connectivity index (χ0n) is 15.6. The molecule has 1 aromatic heterocycles. The van der Waals surface area contributed by atoms with Crippen molar-refractivity contribution in [3.63, 3.8) is 0 Å². The van der Waals surface area contributed by atoms with Gasteiger partial charge in [-0.25, -0.2) is 4.79 Å². The Morgan fingerprint density at radius 1 is 1.46 bits per heavy atom. The maximum absolute atomic E-state index is 12.1. The topological polar surface area (TPSA) is 80.5 Å². The van der Waals surface area contributed by atoms with Gasteiger partial charge >= 0.3 is 6.03 Å². The van der Waals surface area contributed by atoms with E-state index in [-0.39, 0.29) is 18.0 Å². The summed E-state index contributed by atoms with van der Waals surface area (Å²) in [5.74, 6) is 2.19. The van der Waals surface area contributed by atoms with Crippen molar-refractivity contribution in [2.75, 3.05) is 19.7 Å². The molecular formula is C19H26N4O3. The monoisotopic (exact) mass is 358 g/mol. The van der Waals surface area contributed by atoms with E-state index in [4.69, 9.17) is 9.26 Å². The predicted molar refractivity (Wildman–Crippen MR) is 97.3 cm³/mol. The van der Waals surface area contributed by atoms with Crippen LogP contribution in [0.5, 0.6) is 5.75 Å². The molecule has 2 amide bonds. The summed E-state index contributed by atoms with van der Waals surface area (Å²) in [6.45, 7) is 7.75. The molecular weight excluding hydrogens is 332 g/mol. The smallest absolute Gasteiger partial charge is 0.317 e. The highest BCUT2D eigenvalue weighted by Gasteiger charge is 2.31. The number of carbonyl (C=O) groups is 1. The normalized spacial score (nSPS) is 16.9. The van der Waals surface area contributed by atoms with Gasteiger partial charge in [0, 0.05) is 25.6 Å². The Morgan fingerprint density at radius 3 is 3.08 bits per heavy atom. The van der Waals surface area contributed by atoms with Crippen molar-refractivity contribution in [1.82, 2.24) is 20.4 Å². The number of hydrogen-bond acceptors (Lipinski definition) is 5. The summed E-state index contributed by atoms with van der Waals surface area (Å²) in [4.78, 5) is 18.4. The van der Waals surface area contributed by atoms with Gasteiger partial charge < -0.3 is 19.5 Å². The van der Waals surface area contributed by atoms with E-state index in [2.05, 4.69) is 15.5 Å². The zero-order valence-corrected chi connectivity index (χ0v) is 15.6. The fourth-order valence-corrected chi connectivity index (χ4v) is 2.98. The fraction of sp³-hybridized carbons (Fsp3) is 0.526. The molecule has 26 heavy (non-hydrogen) atoms. The van der Waals surface area contributed by atoms with Crippen molar-refractivity contribution in [2.24, 2.45) is 0 Å². The first-order chi connectivity index (χ1) is 12.5. The second-order valence-corrected chi connectivity index (χ2v) is 7.00. The number of hydrogen-bond donors (Lipinski definition) is 1. The molecule has 0 radical (unpaired) electrons. The van der Waals surface area contributed by atoms with Crippen LogP contribution in [0.15, 0.2) is 28.8 Å². The Morgan fingerprint density at radius 2 is 2.31 bits per heavy atom. The minimum atomic E-state index is -0.0335. The molecule has 3 rings (SSSR count). The highest BCUT2D eigenvalue weighted by atomic mass is 16.5. The van der Waals surface area contributed by atoms with E-state index in [1.54, 1.807) is 4.90 Å². The van der Waals surface area contributed by atoms with Gasteiger partial charge in [0.1, 0.15) is 5.75 Å². The van der Waals surface area contributed by atoms with Gasteiger partial charge in [-0.3, -0.25) is 0 Å². The lowest BCUT2D eigenvalue weighted by Crippen LogP contribution is -2.41. The van der Waals surface area contributed by atoms with Crippen LogP contribution >= 0.6 is 0 Å². The van der Waals surface area contributed by atoms with Gasteiger partial charge in [0.25, 0.3) is 0 Å². The number of benzene rings is 1. The quantitative estimate of drug-likeness (QED) is 0.859. The molecule has 2 heterocycles. The Bertz CT molecular complexity index is 744. The number of urea groups is 1. The van der Waals surface area contributed by atoms with E-state index >= 15 is 0 Å². The largest absolute Gasteiger partial charge is 0.493 e. The van der Waals surface area contributed by atoms with Crippen LogP contribution in [-0.4, -0.2) is 46.8 Å². The summed E-state index contributed by atoms with van der Waals surface area (Å²) < 4.78 is 11.1. The van der Waals surface area contributed by atoms with Crippen molar-refractivity contribution < 1.29 is 14.1 Å². The van der Waals surface area contributed by atoms with E-state index in [0.717, 1.165) is 17.7 Å². The van der Waals surface area contributed by atoms with Crippen LogP contribution in [0.2, 0.25) is 0 Å². The lowest BCUT2D eigenvalue weighted by molar-refractivity contribution is 0.205. The van der Waals surface area contributed by atoms with Gasteiger partial charge in [-0.15, -0.1) is 0 Å². The Balaban J connectivity index is 1.48. The molecule has 7 heteroatoms. The number of likely N-dealkylation sites (tertiary alicyclic amines) is 1. The minimum Gasteiger partial charge on any atom is -0.493 e. The lowest BCUT2D eigenvalue weighted by atomic mass is 10.1. The van der Waals surface area contributed by atoms with E-state index in [1.165, 1.54) is 0 Å². The third-order valence-corrected chi connectivity index (χ3v) is 4.30. The second-order valence-electron chi connectivity index (χ2n) is 7.00. The molecule has 1 aliphatic heterocycles. The van der Waals surface area contributed by atoms with Gasteiger partial charge in [-0.2, -0.15) is 4.98 Å². The lowest BCUT2D eigenvalue weighted by Gasteiger charge is -2.18. The summed E-state index contributed by atoms with van der Waals surface area (Å²) in [7, 11) is 0. The average Bonchev–Trinajstić information content (AvgIpc) is 3.23. The number of carbonyl (C=O) groups excluding carboxylic acids is 1. The standard InChI is InChI=1S/C19H26N4O3/c1-13(2)20-19(24)23-9-7-15(12-23)18-21-17(22-26-18)8-10-25-16-6-4-5-14(3)11-16/h4-6,11,13,15H,7-10,12H2,1-3H3,(H,20,24). The van der Waals surface area contributed by atoms with Gasteiger partial charge in [-0.1, -0.05) is 17.3 Å². The van der Waals surface area contributed by atoms with E-state index in [9.17, 15) is 4.79 Å². The molecule has 0 saturated carbocycles. The third kappa shape index (κ3) is 4.74. The SMILES string of the molecule is Cc1cccc(OCCc2noc(C3CCN(C(=O)NC(C)C)C3)n2)c1. The summed E-state index contributed by atoms with van der Waals surface area (Å²) >= 11 is 0. The molecule has 1 fully saturated rings. The number of amides is 2. The first-order valence-electron chi connectivity index (χ1n) is 9.08. The molecule has 1 N–H and O–H groups in total. The molecule has 7 nitrogen and oxygen atoms in total. The van der Waals surface area contributed by atoms with Crippen LogP contribution in [0, 0.1) is 6.92 Å². The first-order valence-corrected chi connectivity index (χ1v) is 9.08. The molecule has 1 aliphatic rings. The van der Waals surface area contributed by atoms with Crippen molar-refractivity contribution in [1.29, 1.82) is 0 Å². The van der Waals surface area contributed by atoms with Crippen LogP contribution in [0.1, 0.15) is 43.5 Å². The number of ether oxygens (including phenoxy) is 1. The number of rotatable bonds is 6. The van der Waals surface area contributed by atoms with Crippen LogP contribution in [0.25, 0.3) is 0 Å². The highest BCUT2D eigenvalue weighted by molar-refractivity contribution is 5.74. The summed E-state index contributed by atoms with van der Waals surface area (Å²) in [5.41, 5.74) is 1.16. The molecule has 0 aliphatic carbocycles. The van der Waals surface area contributed by atoms with Crippen molar-refractivity contribution in [3.05, 3.63) is 41.5 Å². The Labute approximate surface area is 153 Å². The van der Waals surface area contributed by atoms with Crippen LogP contribution in [0.3, 0.4) is 0 Å². The first kappa shape index (κ1) is 18.2. The summed E-state index contributed by atoms with van der Waals surface area (Å²) in [6.07, 6.45) is 1.43.